The number of hydrogen-bond acceptors (Lipinski definition) is 1. The highest BCUT2D eigenvalue weighted by atomic mass is 19.4. The average Bonchev–Trinajstić information content (AvgIpc) is 2.73. The molecule has 3 rings (SSSR count). The SMILES string of the molecule is CCCCc1ccc(-c2ccc(-c3ccc(OCC(F)(F)F)c(F)c3F)c(F)c2)cc1. The quantitative estimate of drug-likeness (QED) is 0.343. The molecule has 0 aromatic heterocycles. The van der Waals surface area contributed by atoms with Crippen LogP contribution in [-0.2, 0) is 6.42 Å². The predicted octanol–water partition coefficient (Wildman–Crippen LogP) is 7.72. The summed E-state index contributed by atoms with van der Waals surface area (Å²) in [4.78, 5) is 0. The highest BCUT2D eigenvalue weighted by Gasteiger charge is 2.29. The fourth-order valence-corrected chi connectivity index (χ4v) is 3.17. The summed E-state index contributed by atoms with van der Waals surface area (Å²) in [6.45, 7) is 0.347. The Morgan fingerprint density at radius 1 is 0.774 bits per heavy atom. The van der Waals surface area contributed by atoms with Crippen molar-refractivity contribution in [1.29, 1.82) is 0 Å². The summed E-state index contributed by atoms with van der Waals surface area (Å²) in [5, 5.41) is 0. The minimum Gasteiger partial charge on any atom is -0.481 e. The summed E-state index contributed by atoms with van der Waals surface area (Å²) in [5.41, 5.74) is 1.90. The fourth-order valence-electron chi connectivity index (χ4n) is 3.17. The fraction of sp³-hybridized carbons (Fsp3) is 0.250. The third-order valence-corrected chi connectivity index (χ3v) is 4.80. The van der Waals surface area contributed by atoms with Gasteiger partial charge in [0.2, 0.25) is 5.82 Å². The number of ether oxygens (including phenoxy) is 1. The first-order valence-corrected chi connectivity index (χ1v) is 9.76. The molecule has 3 aromatic rings. The Kier molecular flexibility index (Phi) is 6.93. The molecule has 0 aliphatic rings. The zero-order valence-electron chi connectivity index (χ0n) is 16.7. The minimum atomic E-state index is -4.70. The van der Waals surface area contributed by atoms with E-state index in [9.17, 15) is 26.3 Å². The van der Waals surface area contributed by atoms with E-state index < -0.39 is 41.5 Å². The van der Waals surface area contributed by atoms with Crippen LogP contribution >= 0.6 is 0 Å². The van der Waals surface area contributed by atoms with E-state index in [1.54, 1.807) is 6.07 Å². The Morgan fingerprint density at radius 2 is 1.42 bits per heavy atom. The lowest BCUT2D eigenvalue weighted by atomic mass is 9.98. The van der Waals surface area contributed by atoms with Gasteiger partial charge in [0.15, 0.2) is 18.2 Å². The average molecular weight is 438 g/mol. The normalized spacial score (nSPS) is 11.6. The van der Waals surface area contributed by atoms with Crippen molar-refractivity contribution in [2.75, 3.05) is 6.61 Å². The van der Waals surface area contributed by atoms with E-state index in [1.165, 1.54) is 17.7 Å². The third-order valence-electron chi connectivity index (χ3n) is 4.80. The lowest BCUT2D eigenvalue weighted by molar-refractivity contribution is -0.153. The van der Waals surface area contributed by atoms with Gasteiger partial charge in [0, 0.05) is 11.1 Å². The molecule has 164 valence electrons. The Bertz CT molecular complexity index is 1040. The zero-order chi connectivity index (χ0) is 22.6. The molecule has 0 spiro atoms. The highest BCUT2D eigenvalue weighted by Crippen LogP contribution is 2.34. The van der Waals surface area contributed by atoms with Gasteiger partial charge in [-0.2, -0.15) is 17.6 Å². The Labute approximate surface area is 176 Å². The first kappa shape index (κ1) is 22.7. The van der Waals surface area contributed by atoms with E-state index in [0.717, 1.165) is 37.0 Å². The monoisotopic (exact) mass is 438 g/mol. The summed E-state index contributed by atoms with van der Waals surface area (Å²) in [6.07, 6.45) is -1.58. The van der Waals surface area contributed by atoms with Crippen molar-refractivity contribution in [3.63, 3.8) is 0 Å². The summed E-state index contributed by atoms with van der Waals surface area (Å²) in [6, 6.07) is 13.6. The smallest absolute Gasteiger partial charge is 0.422 e. The van der Waals surface area contributed by atoms with E-state index in [-0.39, 0.29) is 5.56 Å². The van der Waals surface area contributed by atoms with Crippen LogP contribution in [0.2, 0.25) is 0 Å². The standard InChI is InChI=1S/C24H20F6O/c1-2-3-4-15-5-7-16(8-6-15)17-9-10-18(20(25)13-17)19-11-12-21(23(27)22(19)26)31-14-24(28,29)30/h5-13H,2-4,14H2,1H3. The van der Waals surface area contributed by atoms with Crippen molar-refractivity contribution in [1.82, 2.24) is 0 Å². The van der Waals surface area contributed by atoms with Crippen LogP contribution in [0.4, 0.5) is 26.3 Å². The van der Waals surface area contributed by atoms with Gasteiger partial charge >= 0.3 is 6.18 Å². The maximum atomic E-state index is 14.7. The Morgan fingerprint density at radius 3 is 2.03 bits per heavy atom. The molecule has 0 heterocycles. The van der Waals surface area contributed by atoms with Crippen molar-refractivity contribution in [2.45, 2.75) is 32.4 Å². The van der Waals surface area contributed by atoms with Crippen LogP contribution in [0.15, 0.2) is 54.6 Å². The summed E-state index contributed by atoms with van der Waals surface area (Å²) in [7, 11) is 0. The molecule has 0 saturated heterocycles. The molecule has 3 aromatic carbocycles. The van der Waals surface area contributed by atoms with Crippen LogP contribution < -0.4 is 4.74 Å². The van der Waals surface area contributed by atoms with Crippen molar-refractivity contribution in [3.05, 3.63) is 77.6 Å². The van der Waals surface area contributed by atoms with Crippen LogP contribution in [0.1, 0.15) is 25.3 Å². The number of rotatable bonds is 7. The van der Waals surface area contributed by atoms with E-state index in [4.69, 9.17) is 0 Å². The Balaban J connectivity index is 1.85. The molecule has 0 fully saturated rings. The first-order valence-electron chi connectivity index (χ1n) is 9.76. The van der Waals surface area contributed by atoms with Gasteiger partial charge in [0.05, 0.1) is 0 Å². The lowest BCUT2D eigenvalue weighted by Crippen LogP contribution is -2.19. The molecule has 0 saturated carbocycles. The molecule has 0 radical (unpaired) electrons. The highest BCUT2D eigenvalue weighted by molar-refractivity contribution is 5.72. The minimum absolute atomic E-state index is 0.206. The van der Waals surface area contributed by atoms with E-state index >= 15 is 0 Å². The molecule has 0 aliphatic heterocycles. The van der Waals surface area contributed by atoms with Gasteiger partial charge in [0.1, 0.15) is 5.82 Å². The molecular weight excluding hydrogens is 418 g/mol. The molecule has 0 amide bonds. The zero-order valence-corrected chi connectivity index (χ0v) is 16.7. The molecule has 1 nitrogen and oxygen atoms in total. The van der Waals surface area contributed by atoms with Crippen LogP contribution in [0, 0.1) is 17.5 Å². The number of unbranched alkanes of at least 4 members (excludes halogenated alkanes) is 1. The van der Waals surface area contributed by atoms with Crippen molar-refractivity contribution < 1.29 is 31.1 Å². The number of hydrogen-bond donors (Lipinski definition) is 0. The van der Waals surface area contributed by atoms with Gasteiger partial charge in [-0.05, 0) is 47.7 Å². The maximum Gasteiger partial charge on any atom is 0.422 e. The van der Waals surface area contributed by atoms with Crippen LogP contribution in [0.5, 0.6) is 5.75 Å². The topological polar surface area (TPSA) is 9.23 Å². The van der Waals surface area contributed by atoms with E-state index in [0.29, 0.717) is 5.56 Å². The lowest BCUT2D eigenvalue weighted by Gasteiger charge is -2.13. The molecule has 0 unspecified atom stereocenters. The van der Waals surface area contributed by atoms with Crippen LogP contribution in [0.25, 0.3) is 22.3 Å². The largest absolute Gasteiger partial charge is 0.481 e. The van der Waals surface area contributed by atoms with Gasteiger partial charge in [-0.3, -0.25) is 0 Å². The van der Waals surface area contributed by atoms with Crippen molar-refractivity contribution >= 4 is 0 Å². The second kappa shape index (κ2) is 9.45. The number of alkyl halides is 3. The van der Waals surface area contributed by atoms with E-state index in [2.05, 4.69) is 11.7 Å². The van der Waals surface area contributed by atoms with Gasteiger partial charge in [-0.25, -0.2) is 8.78 Å². The second-order valence-electron chi connectivity index (χ2n) is 7.14. The van der Waals surface area contributed by atoms with Gasteiger partial charge in [0.25, 0.3) is 0 Å². The predicted molar refractivity (Wildman–Crippen MR) is 107 cm³/mol. The molecule has 0 aliphatic carbocycles. The molecular formula is C24H20F6O. The van der Waals surface area contributed by atoms with Gasteiger partial charge in [-0.15, -0.1) is 0 Å². The number of aryl methyl sites for hydroxylation is 1. The third kappa shape index (κ3) is 5.60. The van der Waals surface area contributed by atoms with Crippen LogP contribution in [0.3, 0.4) is 0 Å². The maximum absolute atomic E-state index is 14.7. The van der Waals surface area contributed by atoms with Crippen molar-refractivity contribution in [2.24, 2.45) is 0 Å². The second-order valence-corrected chi connectivity index (χ2v) is 7.14. The van der Waals surface area contributed by atoms with Crippen LogP contribution in [-0.4, -0.2) is 12.8 Å². The van der Waals surface area contributed by atoms with E-state index in [1.807, 2.05) is 24.3 Å². The van der Waals surface area contributed by atoms with Gasteiger partial charge in [-0.1, -0.05) is 49.7 Å². The number of halogens is 6. The molecule has 7 heteroatoms. The first-order chi connectivity index (χ1) is 14.7. The number of benzene rings is 3. The summed E-state index contributed by atoms with van der Waals surface area (Å²) >= 11 is 0. The summed E-state index contributed by atoms with van der Waals surface area (Å²) < 4.78 is 84.2. The summed E-state index contributed by atoms with van der Waals surface area (Å²) in [5.74, 6) is -4.76. The van der Waals surface area contributed by atoms with Crippen molar-refractivity contribution in [3.8, 4) is 28.0 Å². The molecule has 0 bridgehead atoms. The molecule has 31 heavy (non-hydrogen) atoms. The Hall–Kier alpha value is -2.96. The molecule has 0 atom stereocenters. The molecule has 0 N–H and O–H groups in total. The van der Waals surface area contributed by atoms with Gasteiger partial charge < -0.3 is 4.74 Å².